The van der Waals surface area contributed by atoms with Gasteiger partial charge in [0, 0.05) is 16.9 Å². The van der Waals surface area contributed by atoms with Crippen LogP contribution in [0.25, 0.3) is 0 Å². The molecule has 0 radical (unpaired) electrons. The van der Waals surface area contributed by atoms with Gasteiger partial charge in [-0.1, -0.05) is 18.2 Å². The molecule has 1 aromatic carbocycles. The zero-order chi connectivity index (χ0) is 13.6. The highest BCUT2D eigenvalue weighted by Crippen LogP contribution is 2.35. The molecule has 2 N–H and O–H groups in total. The fourth-order valence-electron chi connectivity index (χ4n) is 0.873. The molecular weight excluding hydrogens is 390 g/mol. The Labute approximate surface area is 125 Å². The van der Waals surface area contributed by atoms with Gasteiger partial charge in [-0.3, -0.25) is 13.8 Å². The summed E-state index contributed by atoms with van der Waals surface area (Å²) in [6.45, 7) is -0.475. The molecule has 0 unspecified atom stereocenters. The summed E-state index contributed by atoms with van der Waals surface area (Å²) < 4.78 is 3.78. The Balaban J connectivity index is 2.48. The summed E-state index contributed by atoms with van der Waals surface area (Å²) in [4.78, 5) is 22.7. The minimum absolute atomic E-state index is 0.475. The summed E-state index contributed by atoms with van der Waals surface area (Å²) in [6, 6.07) is 9.16. The van der Waals surface area contributed by atoms with Crippen LogP contribution >= 0.6 is 43.9 Å². The van der Waals surface area contributed by atoms with Crippen molar-refractivity contribution in [2.75, 3.05) is 6.54 Å². The average molecular weight is 399 g/mol. The van der Waals surface area contributed by atoms with Gasteiger partial charge in [-0.2, -0.15) is 0 Å². The molecule has 0 heterocycles. The molecule has 0 aliphatic heterocycles. The molecule has 5 nitrogen and oxygen atoms in total. The highest BCUT2D eigenvalue weighted by molar-refractivity contribution is 9.25. The number of carbonyl (C=O) groups is 2. The fraction of sp³-hybridized carbons (Fsp3) is 0.200. The van der Waals surface area contributed by atoms with Crippen molar-refractivity contribution in [1.29, 1.82) is 0 Å². The van der Waals surface area contributed by atoms with Crippen molar-refractivity contribution >= 4 is 55.8 Å². The van der Waals surface area contributed by atoms with Crippen molar-refractivity contribution in [2.45, 2.75) is 8.32 Å². The minimum atomic E-state index is -1.48. The van der Waals surface area contributed by atoms with Crippen molar-refractivity contribution < 1.29 is 18.9 Å². The van der Waals surface area contributed by atoms with Crippen molar-refractivity contribution in [3.63, 3.8) is 0 Å². The summed E-state index contributed by atoms with van der Waals surface area (Å²) in [7, 11) is 0. The third-order valence-corrected chi connectivity index (χ3v) is 3.92. The summed E-state index contributed by atoms with van der Waals surface area (Å²) in [5.74, 6) is -1.76. The molecule has 0 bridgehead atoms. The lowest BCUT2D eigenvalue weighted by Gasteiger charge is -2.18. The van der Waals surface area contributed by atoms with E-state index in [2.05, 4.69) is 37.2 Å². The molecule has 0 aliphatic rings. The van der Waals surface area contributed by atoms with Crippen LogP contribution in [0.15, 0.2) is 35.2 Å². The smallest absolute Gasteiger partial charge is 0.322 e. The number of benzene rings is 1. The lowest BCUT2D eigenvalue weighted by Crippen LogP contribution is -2.40. The molecule has 18 heavy (non-hydrogen) atoms. The first kappa shape index (κ1) is 15.5. The molecule has 1 aromatic rings. The molecule has 1 rings (SSSR count). The maximum atomic E-state index is 11.6. The first-order valence-corrected chi connectivity index (χ1v) is 7.03. The van der Waals surface area contributed by atoms with E-state index in [0.29, 0.717) is 0 Å². The lowest BCUT2D eigenvalue weighted by molar-refractivity contribution is -0.138. The number of alkyl halides is 2. The monoisotopic (exact) mass is 397 g/mol. The summed E-state index contributed by atoms with van der Waals surface area (Å²) >= 11 is 7.04. The SMILES string of the molecule is O=C(O)CNC(=O)C(Br)(Br)OSc1ccccc1. The second kappa shape index (κ2) is 7.13. The Hall–Kier alpha value is -0.570. The van der Waals surface area contributed by atoms with Gasteiger partial charge in [0.1, 0.15) is 6.54 Å². The van der Waals surface area contributed by atoms with Gasteiger partial charge in [-0.25, -0.2) is 0 Å². The third kappa shape index (κ3) is 5.38. The van der Waals surface area contributed by atoms with E-state index >= 15 is 0 Å². The molecule has 0 fully saturated rings. The topological polar surface area (TPSA) is 75.6 Å². The van der Waals surface area contributed by atoms with E-state index in [1.165, 1.54) is 0 Å². The highest BCUT2D eigenvalue weighted by Gasteiger charge is 2.34. The van der Waals surface area contributed by atoms with Gasteiger partial charge in [0.25, 0.3) is 9.33 Å². The second-order valence-electron chi connectivity index (χ2n) is 3.07. The molecule has 0 aliphatic carbocycles. The maximum Gasteiger partial charge on any atom is 0.322 e. The molecule has 0 saturated carbocycles. The van der Waals surface area contributed by atoms with Gasteiger partial charge in [0.05, 0.1) is 0 Å². The standard InChI is InChI=1S/C10H9Br2NO4S/c11-10(12,9(16)13-6-8(14)15)17-18-7-4-2-1-3-5-7/h1-5H,6H2,(H,13,16)(H,14,15). The Morgan fingerprint density at radius 3 is 2.50 bits per heavy atom. The van der Waals surface area contributed by atoms with Crippen LogP contribution in [-0.4, -0.2) is 26.9 Å². The average Bonchev–Trinajstić information content (AvgIpc) is 2.34. The van der Waals surface area contributed by atoms with Crippen LogP contribution in [0.2, 0.25) is 0 Å². The number of carboxylic acids is 1. The molecule has 0 saturated heterocycles. The van der Waals surface area contributed by atoms with Crippen LogP contribution < -0.4 is 5.32 Å². The van der Waals surface area contributed by atoms with Gasteiger partial charge in [0.2, 0.25) is 0 Å². The normalized spacial score (nSPS) is 11.0. The van der Waals surface area contributed by atoms with Gasteiger partial charge < -0.3 is 10.4 Å². The maximum absolute atomic E-state index is 11.6. The quantitative estimate of drug-likeness (QED) is 0.568. The van der Waals surface area contributed by atoms with Gasteiger partial charge in [0.15, 0.2) is 0 Å². The predicted molar refractivity (Wildman–Crippen MR) is 74.6 cm³/mol. The number of amides is 1. The van der Waals surface area contributed by atoms with Crippen molar-refractivity contribution in [3.05, 3.63) is 30.3 Å². The lowest BCUT2D eigenvalue weighted by atomic mass is 10.4. The molecule has 1 amide bonds. The zero-order valence-corrected chi connectivity index (χ0v) is 12.9. The first-order valence-electron chi connectivity index (χ1n) is 4.70. The number of hydrogen-bond donors (Lipinski definition) is 2. The Morgan fingerprint density at radius 2 is 1.94 bits per heavy atom. The van der Waals surface area contributed by atoms with E-state index < -0.39 is 21.8 Å². The third-order valence-electron chi connectivity index (χ3n) is 1.65. The van der Waals surface area contributed by atoms with E-state index in [1.54, 1.807) is 0 Å². The van der Waals surface area contributed by atoms with E-state index in [4.69, 9.17) is 9.29 Å². The van der Waals surface area contributed by atoms with E-state index in [-0.39, 0.29) is 0 Å². The van der Waals surface area contributed by atoms with Crippen molar-refractivity contribution in [2.24, 2.45) is 0 Å². The zero-order valence-electron chi connectivity index (χ0n) is 8.93. The predicted octanol–water partition coefficient (Wildman–Crippen LogP) is 2.35. The first-order chi connectivity index (χ1) is 8.42. The van der Waals surface area contributed by atoms with Gasteiger partial charge >= 0.3 is 5.97 Å². The summed E-state index contributed by atoms with van der Waals surface area (Å²) in [5.41, 5.74) is 0. The fourth-order valence-corrected chi connectivity index (χ4v) is 2.09. The van der Waals surface area contributed by atoms with E-state index in [0.717, 1.165) is 16.9 Å². The number of hydrogen-bond acceptors (Lipinski definition) is 4. The molecule has 0 atom stereocenters. The van der Waals surface area contributed by atoms with Gasteiger partial charge in [-0.05, 0) is 44.0 Å². The van der Waals surface area contributed by atoms with Crippen molar-refractivity contribution in [3.8, 4) is 0 Å². The van der Waals surface area contributed by atoms with Crippen LogP contribution in [0, 0.1) is 0 Å². The number of carboxylic acid groups (broad SMARTS) is 1. The largest absolute Gasteiger partial charge is 0.480 e. The highest BCUT2D eigenvalue weighted by atomic mass is 79.9. The number of rotatable bonds is 6. The summed E-state index contributed by atoms with van der Waals surface area (Å²) in [5, 5.41) is 10.6. The molecule has 98 valence electrons. The molecular formula is C10H9Br2NO4S. The van der Waals surface area contributed by atoms with Crippen LogP contribution in [0.1, 0.15) is 0 Å². The van der Waals surface area contributed by atoms with Gasteiger partial charge in [-0.15, -0.1) is 0 Å². The Morgan fingerprint density at radius 1 is 1.33 bits per heavy atom. The molecule has 8 heteroatoms. The van der Waals surface area contributed by atoms with Crippen LogP contribution in [0.5, 0.6) is 0 Å². The number of aliphatic carboxylic acids is 1. The van der Waals surface area contributed by atoms with E-state index in [1.807, 2.05) is 30.3 Å². The van der Waals surface area contributed by atoms with E-state index in [9.17, 15) is 9.59 Å². The molecule has 0 spiro atoms. The van der Waals surface area contributed by atoms with Crippen LogP contribution in [0.4, 0.5) is 0 Å². The Bertz CT molecular complexity index is 427. The minimum Gasteiger partial charge on any atom is -0.480 e. The van der Waals surface area contributed by atoms with Crippen LogP contribution in [0.3, 0.4) is 0 Å². The summed E-state index contributed by atoms with van der Waals surface area (Å²) in [6.07, 6.45) is 0. The number of halogens is 2. The number of nitrogens with one attached hydrogen (secondary N) is 1. The second-order valence-corrected chi connectivity index (χ2v) is 7.18. The van der Waals surface area contributed by atoms with Crippen molar-refractivity contribution in [1.82, 2.24) is 5.32 Å². The Kier molecular flexibility index (Phi) is 6.13. The molecule has 0 aromatic heterocycles. The van der Waals surface area contributed by atoms with Crippen LogP contribution in [-0.2, 0) is 13.8 Å². The number of carbonyl (C=O) groups excluding carboxylic acids is 1.